The van der Waals surface area contributed by atoms with Gasteiger partial charge in [0.25, 0.3) is 19.7 Å². The van der Waals surface area contributed by atoms with Gasteiger partial charge in [0.2, 0.25) is 0 Å². The van der Waals surface area contributed by atoms with E-state index in [1.165, 1.54) is 0 Å². The van der Waals surface area contributed by atoms with E-state index in [0.717, 1.165) is 0 Å². The van der Waals surface area contributed by atoms with Crippen LogP contribution in [0.2, 0.25) is 0 Å². The first kappa shape index (κ1) is 47.8. The highest BCUT2D eigenvalue weighted by Gasteiger charge is 2.83. The summed E-state index contributed by atoms with van der Waals surface area (Å²) in [6.45, 7) is 0. The number of alkyl halides is 24. The maximum absolute atomic E-state index is 15.9. The lowest BCUT2D eigenvalue weighted by Crippen LogP contribution is -2.60. The van der Waals surface area contributed by atoms with Crippen LogP contribution >= 0.6 is 31.9 Å². The van der Waals surface area contributed by atoms with Crippen molar-refractivity contribution in [2.75, 3.05) is 0 Å². The molecule has 0 aliphatic rings. The van der Waals surface area contributed by atoms with Crippen molar-refractivity contribution in [3.63, 3.8) is 0 Å². The summed E-state index contributed by atoms with van der Waals surface area (Å²) in [5.41, 5.74) is -43.2. The standard InChI is InChI=1S/C22H3Br2F24O4S2/c23-8-1-5(13(25,17(31,32)33)15(27,28)19(37,38)39)2-10(54(51,52)22(46,47)48)12(8)11-7(3-6(4-9(11)24)53(49,50)21(43,44)45)14(26,18(34,35)36)16(29,30)20(40,41)42/h1-3H. The van der Waals surface area contributed by atoms with Crippen molar-refractivity contribution < 1.29 is 122 Å². The topological polar surface area (TPSA) is 68.3 Å². The van der Waals surface area contributed by atoms with Gasteiger partial charge >= 0.3 is 58.9 Å². The summed E-state index contributed by atoms with van der Waals surface area (Å²) >= 11 is 3.23. The fraction of sp³-hybridized carbons (Fsp3) is 0.455. The molecule has 54 heavy (non-hydrogen) atoms. The Hall–Kier alpha value is -2.38. The minimum atomic E-state index is -8.18. The van der Waals surface area contributed by atoms with Gasteiger partial charge < -0.3 is 0 Å². The van der Waals surface area contributed by atoms with E-state index in [1.807, 2.05) is 0 Å². The summed E-state index contributed by atoms with van der Waals surface area (Å²) in [5.74, 6) is -16.1. The number of halogens is 26. The van der Waals surface area contributed by atoms with Crippen LogP contribution in [0.5, 0.6) is 0 Å². The van der Waals surface area contributed by atoms with Gasteiger partial charge in [-0.15, -0.1) is 0 Å². The summed E-state index contributed by atoms with van der Waals surface area (Å²) < 4.78 is 376. The quantitative estimate of drug-likeness (QED) is 0.259. The van der Waals surface area contributed by atoms with Gasteiger partial charge in [0.05, 0.1) is 9.79 Å². The Kier molecular flexibility index (Phi) is 11.6. The molecule has 0 fully saturated rings. The van der Waals surface area contributed by atoms with Crippen molar-refractivity contribution in [1.82, 2.24) is 0 Å². The van der Waals surface area contributed by atoms with Gasteiger partial charge in [0, 0.05) is 37.3 Å². The Morgan fingerprint density at radius 3 is 1.17 bits per heavy atom. The van der Waals surface area contributed by atoms with E-state index >= 15 is 8.78 Å². The zero-order valence-electron chi connectivity index (χ0n) is 23.5. The highest BCUT2D eigenvalue weighted by atomic mass is 79.9. The van der Waals surface area contributed by atoms with Crippen LogP contribution < -0.4 is 0 Å². The highest BCUT2D eigenvalue weighted by Crippen LogP contribution is 2.63. The molecule has 4 nitrogen and oxygen atoms in total. The average molecular weight is 1010 g/mol. The monoisotopic (exact) mass is 1010 g/mol. The van der Waals surface area contributed by atoms with Crippen molar-refractivity contribution >= 4 is 51.5 Å². The molecule has 0 saturated carbocycles. The molecule has 2 rings (SSSR count). The summed E-state index contributed by atoms with van der Waals surface area (Å²) in [6, 6.07) is -4.31. The van der Waals surface area contributed by atoms with E-state index in [4.69, 9.17) is 0 Å². The Balaban J connectivity index is 3.69. The number of sulfone groups is 2. The van der Waals surface area contributed by atoms with Crippen LogP contribution in [-0.2, 0) is 31.0 Å². The molecule has 2 atom stereocenters. The highest BCUT2D eigenvalue weighted by molar-refractivity contribution is 9.11. The number of hydrogen-bond donors (Lipinski definition) is 0. The first-order valence-corrected chi connectivity index (χ1v) is 16.4. The van der Waals surface area contributed by atoms with E-state index in [-0.39, 0.29) is 0 Å². The molecular weight excluding hydrogens is 1010 g/mol. The van der Waals surface area contributed by atoms with Crippen LogP contribution in [0, 0.1) is 6.07 Å². The zero-order valence-corrected chi connectivity index (χ0v) is 28.3. The SMILES string of the molecule is O=S(=O)(c1[c]c(Br)c(-c2c(Br)cc(C(F)(C(F)(F)F)C(F)(F)C(F)(F)F)cc2S(=O)(=O)C(F)(F)F)c(C(F)(C(F)(F)F)C(F)(F)C(F)(F)F)c1)C(F)(F)F. The van der Waals surface area contributed by atoms with Crippen LogP contribution in [0.4, 0.5) is 105 Å². The lowest BCUT2D eigenvalue weighted by atomic mass is 9.81. The first-order valence-electron chi connectivity index (χ1n) is 11.9. The summed E-state index contributed by atoms with van der Waals surface area (Å²) in [5, 5.41) is 0. The first-order chi connectivity index (χ1) is 23.2. The molecule has 2 aromatic rings. The Bertz CT molecular complexity index is 2030. The Morgan fingerprint density at radius 1 is 0.463 bits per heavy atom. The number of hydrogen-bond acceptors (Lipinski definition) is 4. The molecule has 0 aromatic heterocycles. The predicted molar refractivity (Wildman–Crippen MR) is 132 cm³/mol. The second-order valence-electron chi connectivity index (χ2n) is 9.92. The second-order valence-corrected chi connectivity index (χ2v) is 15.4. The van der Waals surface area contributed by atoms with E-state index < -0.39 is 138 Å². The third-order valence-electron chi connectivity index (χ3n) is 6.62. The summed E-state index contributed by atoms with van der Waals surface area (Å²) in [4.78, 5) is -6.77. The van der Waals surface area contributed by atoms with Crippen molar-refractivity contribution in [3.05, 3.63) is 44.3 Å². The smallest absolute Gasteiger partial charge is 0.221 e. The van der Waals surface area contributed by atoms with Gasteiger partial charge in [0.1, 0.15) is 0 Å². The molecule has 0 bridgehead atoms. The van der Waals surface area contributed by atoms with Crippen LogP contribution in [0.15, 0.2) is 36.9 Å². The molecule has 0 amide bonds. The number of benzene rings is 2. The van der Waals surface area contributed by atoms with E-state index in [9.17, 15) is 113 Å². The molecule has 0 saturated heterocycles. The minimum Gasteiger partial charge on any atom is -0.221 e. The van der Waals surface area contributed by atoms with Gasteiger partial charge in [-0.05, 0) is 34.1 Å². The molecule has 0 aliphatic heterocycles. The molecule has 0 aliphatic carbocycles. The summed E-state index contributed by atoms with van der Waals surface area (Å²) in [7, 11) is -15.5. The van der Waals surface area contributed by atoms with Gasteiger partial charge in [-0.1, -0.05) is 15.9 Å². The lowest BCUT2D eigenvalue weighted by Gasteiger charge is -2.38. The average Bonchev–Trinajstić information content (AvgIpc) is 2.91. The molecule has 2 aromatic carbocycles. The molecular formula is C22H3Br2F24O4S2. The largest absolute Gasteiger partial charge is 0.501 e. The van der Waals surface area contributed by atoms with Gasteiger partial charge in [-0.3, -0.25) is 0 Å². The normalized spacial score (nSPS) is 17.3. The second kappa shape index (κ2) is 13.1. The lowest BCUT2D eigenvalue weighted by molar-refractivity contribution is -0.389. The van der Waals surface area contributed by atoms with E-state index in [2.05, 4.69) is 0 Å². The molecule has 2 unspecified atom stereocenters. The van der Waals surface area contributed by atoms with Crippen molar-refractivity contribution in [3.8, 4) is 11.1 Å². The molecule has 1 radical (unpaired) electrons. The zero-order chi connectivity index (χ0) is 43.4. The van der Waals surface area contributed by atoms with Crippen molar-refractivity contribution in [2.45, 2.75) is 68.7 Å². The maximum Gasteiger partial charge on any atom is 0.501 e. The van der Waals surface area contributed by atoms with Gasteiger partial charge in [0.15, 0.2) is 0 Å². The van der Waals surface area contributed by atoms with Crippen LogP contribution in [-0.4, -0.2) is 64.4 Å². The van der Waals surface area contributed by atoms with Crippen LogP contribution in [0.25, 0.3) is 11.1 Å². The van der Waals surface area contributed by atoms with Crippen LogP contribution in [0.1, 0.15) is 11.1 Å². The third kappa shape index (κ3) is 6.98. The predicted octanol–water partition coefficient (Wildman–Crippen LogP) is 11.1. The van der Waals surface area contributed by atoms with E-state index in [1.54, 1.807) is 31.9 Å². The number of rotatable bonds is 7. The Morgan fingerprint density at radius 2 is 0.833 bits per heavy atom. The molecule has 0 spiro atoms. The molecule has 309 valence electrons. The van der Waals surface area contributed by atoms with Gasteiger partial charge in [-0.2, -0.15) is 96.6 Å². The Labute approximate surface area is 297 Å². The van der Waals surface area contributed by atoms with Crippen LogP contribution in [0.3, 0.4) is 0 Å². The molecule has 32 heteroatoms. The van der Waals surface area contributed by atoms with E-state index in [0.29, 0.717) is 6.07 Å². The third-order valence-corrected chi connectivity index (χ3v) is 10.8. The molecule has 0 N–H and O–H groups in total. The maximum atomic E-state index is 15.9. The fourth-order valence-electron chi connectivity index (χ4n) is 4.09. The minimum absolute atomic E-state index is 0.662. The summed E-state index contributed by atoms with van der Waals surface area (Å²) in [6.07, 6.45) is -31.4. The van der Waals surface area contributed by atoms with Gasteiger partial charge in [-0.25, -0.2) is 25.6 Å². The molecule has 0 heterocycles. The van der Waals surface area contributed by atoms with Crippen molar-refractivity contribution in [2.24, 2.45) is 0 Å². The van der Waals surface area contributed by atoms with Crippen molar-refractivity contribution in [1.29, 1.82) is 0 Å². The fourth-order valence-corrected chi connectivity index (χ4v) is 7.40.